The molecule has 46 heavy (non-hydrogen) atoms. The van der Waals surface area contributed by atoms with Gasteiger partial charge in [-0.25, -0.2) is 0 Å². The summed E-state index contributed by atoms with van der Waals surface area (Å²) in [6.45, 7) is 17.3. The minimum atomic E-state index is -0.486. The number of carbonyl (C=O) groups is 2. The SMILES string of the molecule is CC1(C)C2CC[C@]3(C)[C@H](C(=O)C=C4[C@H]5C[C@@](C)(C(=O)NCCNC(=S)Nc6ccccc6)CC[C@]5(C)CC[C@]43C)[C@@]2(C)CC[C@@H]1O. The van der Waals surface area contributed by atoms with Gasteiger partial charge in [0.1, 0.15) is 0 Å². The first-order valence-corrected chi connectivity index (χ1v) is 18.2. The third-order valence-electron chi connectivity index (χ3n) is 14.8. The van der Waals surface area contributed by atoms with Gasteiger partial charge in [0.05, 0.1) is 6.10 Å². The van der Waals surface area contributed by atoms with Gasteiger partial charge in [0.15, 0.2) is 10.9 Å². The number of rotatable bonds is 5. The van der Waals surface area contributed by atoms with Crippen molar-refractivity contribution in [3.63, 3.8) is 0 Å². The molecule has 0 aromatic heterocycles. The molecule has 1 aromatic rings. The van der Waals surface area contributed by atoms with Gasteiger partial charge in [-0.3, -0.25) is 9.59 Å². The van der Waals surface area contributed by atoms with Crippen molar-refractivity contribution in [1.29, 1.82) is 0 Å². The lowest BCUT2D eigenvalue weighted by Gasteiger charge is -2.70. The summed E-state index contributed by atoms with van der Waals surface area (Å²) < 4.78 is 0. The van der Waals surface area contributed by atoms with E-state index in [0.717, 1.165) is 63.5 Å². The van der Waals surface area contributed by atoms with Crippen LogP contribution in [0.15, 0.2) is 42.0 Å². The Kier molecular flexibility index (Phi) is 8.36. The fourth-order valence-electron chi connectivity index (χ4n) is 11.6. The van der Waals surface area contributed by atoms with Crippen molar-refractivity contribution < 1.29 is 14.7 Å². The Balaban J connectivity index is 1.19. The number of aliphatic hydroxyl groups excluding tert-OH is 1. The Labute approximate surface area is 282 Å². The van der Waals surface area contributed by atoms with Crippen LogP contribution in [0.4, 0.5) is 5.69 Å². The monoisotopic (exact) mass is 647 g/mol. The zero-order chi connectivity index (χ0) is 33.3. The van der Waals surface area contributed by atoms with Crippen LogP contribution >= 0.6 is 12.2 Å². The molecule has 1 aromatic carbocycles. The molecule has 4 N–H and O–H groups in total. The maximum atomic E-state index is 14.6. The lowest BCUT2D eigenvalue weighted by molar-refractivity contribution is -0.202. The normalized spacial score (nSPS) is 42.7. The van der Waals surface area contributed by atoms with E-state index in [1.54, 1.807) is 0 Å². The van der Waals surface area contributed by atoms with Crippen LogP contribution in [0.5, 0.6) is 0 Å². The van der Waals surface area contributed by atoms with E-state index in [9.17, 15) is 14.7 Å². The lowest BCUT2D eigenvalue weighted by atomic mass is 9.33. The average molecular weight is 648 g/mol. The van der Waals surface area contributed by atoms with Gasteiger partial charge in [0.25, 0.3) is 0 Å². The molecule has 9 atom stereocenters. The van der Waals surface area contributed by atoms with E-state index in [1.807, 2.05) is 30.3 Å². The summed E-state index contributed by atoms with van der Waals surface area (Å²) in [6.07, 6.45) is 10.4. The van der Waals surface area contributed by atoms with E-state index in [-0.39, 0.29) is 50.9 Å². The minimum Gasteiger partial charge on any atom is -0.393 e. The Morgan fingerprint density at radius 2 is 1.57 bits per heavy atom. The molecule has 0 radical (unpaired) electrons. The van der Waals surface area contributed by atoms with Crippen molar-refractivity contribution >= 4 is 34.7 Å². The van der Waals surface area contributed by atoms with E-state index < -0.39 is 5.41 Å². The molecule has 6 rings (SSSR count). The zero-order valence-corrected chi connectivity index (χ0v) is 30.0. The topological polar surface area (TPSA) is 90.5 Å². The quantitative estimate of drug-likeness (QED) is 0.196. The van der Waals surface area contributed by atoms with E-state index in [0.29, 0.717) is 29.9 Å². The van der Waals surface area contributed by atoms with E-state index in [2.05, 4.69) is 70.5 Å². The molecule has 5 aliphatic rings. The molecule has 0 saturated heterocycles. The van der Waals surface area contributed by atoms with Gasteiger partial charge in [-0.05, 0) is 127 Å². The maximum Gasteiger partial charge on any atom is 0.226 e. The van der Waals surface area contributed by atoms with E-state index in [4.69, 9.17) is 12.2 Å². The number of hydrogen-bond acceptors (Lipinski definition) is 4. The standard InChI is InChI=1S/C39H57N3O3S/c1-34(2)29-13-16-39(7)31(37(29,5)15-14-30(34)44)28(43)23-26-27-24-36(4,18-17-35(27,3)19-20-38(26,39)6)32(45)40-21-22-41-33(46)42-25-11-9-8-10-12-25/h8-12,23,27,29-31,44H,13-22,24H2,1-7H3,(H,40,45)(H2,41,42,46)/t27-,29?,30+,31-,35-,36+,37+,38-,39-/m1/s1. The minimum absolute atomic E-state index is 0.0307. The molecular formula is C39H57N3O3S. The van der Waals surface area contributed by atoms with E-state index in [1.165, 1.54) is 5.57 Å². The molecule has 0 spiro atoms. The molecular weight excluding hydrogens is 591 g/mol. The van der Waals surface area contributed by atoms with Crippen LogP contribution in [0.2, 0.25) is 0 Å². The van der Waals surface area contributed by atoms with Gasteiger partial charge >= 0.3 is 0 Å². The summed E-state index contributed by atoms with van der Waals surface area (Å²) in [6, 6.07) is 9.82. The van der Waals surface area contributed by atoms with Crippen molar-refractivity contribution in [1.82, 2.24) is 10.6 Å². The molecule has 6 nitrogen and oxygen atoms in total. The fraction of sp³-hybridized carbons (Fsp3) is 0.718. The third kappa shape index (κ3) is 5.09. The smallest absolute Gasteiger partial charge is 0.226 e. The van der Waals surface area contributed by atoms with Crippen molar-refractivity contribution in [3.05, 3.63) is 42.0 Å². The number of benzene rings is 1. The summed E-state index contributed by atoms with van der Waals surface area (Å²) >= 11 is 5.44. The predicted molar refractivity (Wildman–Crippen MR) is 189 cm³/mol. The largest absolute Gasteiger partial charge is 0.393 e. The zero-order valence-electron chi connectivity index (χ0n) is 29.2. The van der Waals surface area contributed by atoms with Crippen LogP contribution in [0.3, 0.4) is 0 Å². The van der Waals surface area contributed by atoms with Gasteiger partial charge < -0.3 is 21.1 Å². The molecule has 1 unspecified atom stereocenters. The number of aliphatic hydroxyl groups is 1. The number of thiocarbonyl (C=S) groups is 1. The van der Waals surface area contributed by atoms with Gasteiger partial charge in [-0.1, -0.05) is 72.2 Å². The number of carbonyl (C=O) groups excluding carboxylic acids is 2. The second-order valence-electron chi connectivity index (χ2n) is 17.6. The van der Waals surface area contributed by atoms with Crippen molar-refractivity contribution in [2.75, 3.05) is 18.4 Å². The molecule has 4 saturated carbocycles. The van der Waals surface area contributed by atoms with Crippen LogP contribution in [0.25, 0.3) is 0 Å². The summed E-state index contributed by atoms with van der Waals surface area (Å²) in [5.74, 6) is 0.929. The number of para-hydroxylation sites is 1. The van der Waals surface area contributed by atoms with Crippen LogP contribution in [-0.4, -0.2) is 41.1 Å². The van der Waals surface area contributed by atoms with Gasteiger partial charge in [-0.2, -0.15) is 0 Å². The molecule has 0 bridgehead atoms. The van der Waals surface area contributed by atoms with Gasteiger partial charge in [0, 0.05) is 30.1 Å². The number of amides is 1. The molecule has 252 valence electrons. The van der Waals surface area contributed by atoms with Gasteiger partial charge in [0.2, 0.25) is 5.91 Å². The lowest BCUT2D eigenvalue weighted by Crippen LogP contribution is -2.66. The Hall–Kier alpha value is -2.25. The second kappa shape index (κ2) is 11.4. The third-order valence-corrected chi connectivity index (χ3v) is 15.1. The van der Waals surface area contributed by atoms with Crippen molar-refractivity contribution in [2.45, 2.75) is 112 Å². The Bertz CT molecular complexity index is 1430. The molecule has 5 aliphatic carbocycles. The first-order chi connectivity index (χ1) is 21.5. The van der Waals surface area contributed by atoms with Crippen molar-refractivity contribution in [2.24, 2.45) is 50.2 Å². The fourth-order valence-corrected chi connectivity index (χ4v) is 11.9. The number of fused-ring (bicyclic) bond motifs is 7. The van der Waals surface area contributed by atoms with Gasteiger partial charge in [-0.15, -0.1) is 0 Å². The molecule has 4 fully saturated rings. The molecule has 0 heterocycles. The first-order valence-electron chi connectivity index (χ1n) is 17.8. The number of nitrogens with one attached hydrogen (secondary N) is 3. The van der Waals surface area contributed by atoms with Crippen LogP contribution in [-0.2, 0) is 9.59 Å². The molecule has 7 heteroatoms. The summed E-state index contributed by atoms with van der Waals surface area (Å²) in [4.78, 5) is 28.4. The van der Waals surface area contributed by atoms with Crippen LogP contribution < -0.4 is 16.0 Å². The summed E-state index contributed by atoms with van der Waals surface area (Å²) in [5.41, 5.74) is 1.36. The Morgan fingerprint density at radius 3 is 2.28 bits per heavy atom. The van der Waals surface area contributed by atoms with Crippen molar-refractivity contribution in [3.8, 4) is 0 Å². The summed E-state index contributed by atoms with van der Waals surface area (Å²) in [5, 5.41) is 21.2. The molecule has 0 aliphatic heterocycles. The van der Waals surface area contributed by atoms with E-state index >= 15 is 0 Å². The predicted octanol–water partition coefficient (Wildman–Crippen LogP) is 7.43. The number of hydrogen-bond donors (Lipinski definition) is 4. The first kappa shape index (κ1) is 33.6. The highest BCUT2D eigenvalue weighted by Crippen LogP contribution is 2.75. The molecule has 1 amide bonds. The summed E-state index contributed by atoms with van der Waals surface area (Å²) in [7, 11) is 0. The number of anilines is 1. The Morgan fingerprint density at radius 1 is 0.891 bits per heavy atom. The second-order valence-corrected chi connectivity index (χ2v) is 18.0. The van der Waals surface area contributed by atoms with Crippen LogP contribution in [0.1, 0.15) is 106 Å². The number of ketones is 1. The highest BCUT2D eigenvalue weighted by molar-refractivity contribution is 7.80. The maximum absolute atomic E-state index is 14.6. The van der Waals surface area contributed by atoms with Crippen LogP contribution in [0, 0.1) is 50.2 Å². The highest BCUT2D eigenvalue weighted by atomic mass is 32.1. The highest BCUT2D eigenvalue weighted by Gasteiger charge is 2.70. The number of allylic oxidation sites excluding steroid dienone is 2. The average Bonchev–Trinajstić information content (AvgIpc) is 3.00.